The molecule has 0 saturated heterocycles. The van der Waals surface area contributed by atoms with E-state index in [2.05, 4.69) is 16.8 Å². The highest BCUT2D eigenvalue weighted by atomic mass is 32.1. The van der Waals surface area contributed by atoms with E-state index in [0.717, 1.165) is 23.7 Å². The van der Waals surface area contributed by atoms with E-state index in [-0.39, 0.29) is 5.75 Å². The van der Waals surface area contributed by atoms with E-state index >= 15 is 0 Å². The summed E-state index contributed by atoms with van der Waals surface area (Å²) < 4.78 is 0. The number of phenols is 1. The second-order valence-corrected chi connectivity index (χ2v) is 5.34. The van der Waals surface area contributed by atoms with Gasteiger partial charge in [0.1, 0.15) is 10.8 Å². The number of aliphatic hydroxyl groups excluding tert-OH is 1. The molecule has 2 aromatic rings. The largest absolute Gasteiger partial charge is 0.508 e. The average Bonchev–Trinajstić information content (AvgIpc) is 2.90. The van der Waals surface area contributed by atoms with Crippen molar-refractivity contribution in [2.24, 2.45) is 0 Å². The monoisotopic (exact) mass is 278 g/mol. The number of likely N-dealkylation sites (N-methyl/N-ethyl adjacent to an activating group) is 1. The van der Waals surface area contributed by atoms with Crippen LogP contribution in [0.5, 0.6) is 5.75 Å². The first-order valence-electron chi connectivity index (χ1n) is 6.26. The van der Waals surface area contributed by atoms with Crippen molar-refractivity contribution in [2.45, 2.75) is 19.6 Å². The van der Waals surface area contributed by atoms with Crippen LogP contribution in [0.25, 0.3) is 0 Å². The third-order valence-corrected chi connectivity index (χ3v) is 3.74. The standard InChI is InChI=1S/C14H18N2O2S/c1-2-16(10-14-15-6-7-19-14)9-13(18)11-4-3-5-12(17)8-11/h3-8,13,17-18H,2,9-10H2,1H3/t13-/m1/s1. The zero-order valence-corrected chi connectivity index (χ0v) is 11.7. The van der Waals surface area contributed by atoms with Crippen molar-refractivity contribution in [3.63, 3.8) is 0 Å². The quantitative estimate of drug-likeness (QED) is 0.852. The van der Waals surface area contributed by atoms with Gasteiger partial charge in [0.15, 0.2) is 0 Å². The molecule has 0 aliphatic heterocycles. The van der Waals surface area contributed by atoms with Gasteiger partial charge in [-0.1, -0.05) is 19.1 Å². The fourth-order valence-corrected chi connectivity index (χ4v) is 2.57. The minimum Gasteiger partial charge on any atom is -0.508 e. The summed E-state index contributed by atoms with van der Waals surface area (Å²) in [5.74, 6) is 0.180. The smallest absolute Gasteiger partial charge is 0.115 e. The molecule has 2 rings (SSSR count). The minimum absolute atomic E-state index is 0.180. The van der Waals surface area contributed by atoms with Gasteiger partial charge in [-0.3, -0.25) is 4.90 Å². The molecule has 1 heterocycles. The molecule has 1 aromatic heterocycles. The number of nitrogens with zero attached hydrogens (tertiary/aromatic N) is 2. The van der Waals surface area contributed by atoms with Gasteiger partial charge in [0, 0.05) is 18.1 Å². The second kappa shape index (κ2) is 6.65. The van der Waals surface area contributed by atoms with Crippen LogP contribution in [-0.2, 0) is 6.54 Å². The Balaban J connectivity index is 1.97. The molecule has 0 saturated carbocycles. The van der Waals surface area contributed by atoms with E-state index in [0.29, 0.717) is 6.54 Å². The number of aromatic nitrogens is 1. The molecular formula is C14H18N2O2S. The summed E-state index contributed by atoms with van der Waals surface area (Å²) in [7, 11) is 0. The van der Waals surface area contributed by atoms with Crippen molar-refractivity contribution in [3.8, 4) is 5.75 Å². The zero-order valence-electron chi connectivity index (χ0n) is 10.9. The van der Waals surface area contributed by atoms with Gasteiger partial charge in [0.2, 0.25) is 0 Å². The van der Waals surface area contributed by atoms with Crippen molar-refractivity contribution >= 4 is 11.3 Å². The first-order chi connectivity index (χ1) is 9.19. The number of hydrogen-bond donors (Lipinski definition) is 2. The molecule has 1 aromatic carbocycles. The third-order valence-electron chi connectivity index (χ3n) is 2.98. The maximum atomic E-state index is 10.2. The maximum Gasteiger partial charge on any atom is 0.115 e. The van der Waals surface area contributed by atoms with E-state index in [1.165, 1.54) is 0 Å². The van der Waals surface area contributed by atoms with E-state index in [9.17, 15) is 10.2 Å². The van der Waals surface area contributed by atoms with E-state index in [1.54, 1.807) is 35.7 Å². The van der Waals surface area contributed by atoms with Crippen molar-refractivity contribution in [1.82, 2.24) is 9.88 Å². The highest BCUT2D eigenvalue weighted by Crippen LogP contribution is 2.20. The molecule has 0 bridgehead atoms. The van der Waals surface area contributed by atoms with Crippen LogP contribution < -0.4 is 0 Å². The molecule has 0 amide bonds. The number of benzene rings is 1. The topological polar surface area (TPSA) is 56.6 Å². The Labute approximate surface area is 117 Å². The normalized spacial score (nSPS) is 12.8. The van der Waals surface area contributed by atoms with Crippen molar-refractivity contribution in [2.75, 3.05) is 13.1 Å². The summed E-state index contributed by atoms with van der Waals surface area (Å²) in [6.07, 6.45) is 1.19. The Morgan fingerprint density at radius 2 is 2.26 bits per heavy atom. The van der Waals surface area contributed by atoms with Crippen LogP contribution in [0, 0.1) is 0 Å². The summed E-state index contributed by atoms with van der Waals surface area (Å²) in [5, 5.41) is 22.6. The van der Waals surface area contributed by atoms with Crippen molar-refractivity contribution in [1.29, 1.82) is 0 Å². The molecule has 19 heavy (non-hydrogen) atoms. The number of thiazole rings is 1. The lowest BCUT2D eigenvalue weighted by molar-refractivity contribution is 0.112. The van der Waals surface area contributed by atoms with E-state index in [1.807, 2.05) is 11.4 Å². The predicted molar refractivity (Wildman–Crippen MR) is 76.1 cm³/mol. The molecule has 0 fully saturated rings. The molecule has 0 radical (unpaired) electrons. The zero-order chi connectivity index (χ0) is 13.7. The van der Waals surface area contributed by atoms with E-state index < -0.39 is 6.10 Å². The van der Waals surface area contributed by atoms with Crippen LogP contribution >= 0.6 is 11.3 Å². The Morgan fingerprint density at radius 3 is 2.89 bits per heavy atom. The summed E-state index contributed by atoms with van der Waals surface area (Å²) in [6.45, 7) is 4.17. The number of aromatic hydroxyl groups is 1. The first kappa shape index (κ1) is 14.0. The Kier molecular flexibility index (Phi) is 4.90. The molecule has 1 atom stereocenters. The summed E-state index contributed by atoms with van der Waals surface area (Å²) >= 11 is 1.62. The summed E-state index contributed by atoms with van der Waals surface area (Å²) in [5.41, 5.74) is 0.734. The molecule has 2 N–H and O–H groups in total. The van der Waals surface area contributed by atoms with Gasteiger partial charge >= 0.3 is 0 Å². The van der Waals surface area contributed by atoms with Gasteiger partial charge in [-0.05, 0) is 24.2 Å². The molecule has 4 nitrogen and oxygen atoms in total. The van der Waals surface area contributed by atoms with Crippen LogP contribution in [-0.4, -0.2) is 33.2 Å². The highest BCUT2D eigenvalue weighted by Gasteiger charge is 2.14. The number of phenolic OH excluding ortho intramolecular Hbond substituents is 1. The van der Waals surface area contributed by atoms with Gasteiger partial charge in [-0.15, -0.1) is 11.3 Å². The Hall–Kier alpha value is -1.43. The van der Waals surface area contributed by atoms with Crippen LogP contribution in [0.4, 0.5) is 0 Å². The molecular weight excluding hydrogens is 260 g/mol. The fourth-order valence-electron chi connectivity index (χ4n) is 1.91. The summed E-state index contributed by atoms with van der Waals surface area (Å²) in [4.78, 5) is 6.39. The molecule has 102 valence electrons. The first-order valence-corrected chi connectivity index (χ1v) is 7.14. The van der Waals surface area contributed by atoms with Gasteiger partial charge in [0.05, 0.1) is 12.6 Å². The van der Waals surface area contributed by atoms with Gasteiger partial charge < -0.3 is 10.2 Å². The lowest BCUT2D eigenvalue weighted by Crippen LogP contribution is -2.28. The van der Waals surface area contributed by atoms with Crippen LogP contribution in [0.1, 0.15) is 23.6 Å². The SMILES string of the molecule is CCN(Cc1nccs1)C[C@@H](O)c1cccc(O)c1. The molecule has 0 aliphatic rings. The van der Waals surface area contributed by atoms with Crippen molar-refractivity contribution in [3.05, 3.63) is 46.4 Å². The third kappa shape index (κ3) is 4.02. The predicted octanol–water partition coefficient (Wildman–Crippen LogP) is 2.40. The van der Waals surface area contributed by atoms with Crippen LogP contribution in [0.15, 0.2) is 35.8 Å². The minimum atomic E-state index is -0.605. The number of aliphatic hydroxyl groups is 1. The lowest BCUT2D eigenvalue weighted by atomic mass is 10.1. The van der Waals surface area contributed by atoms with Crippen molar-refractivity contribution < 1.29 is 10.2 Å². The summed E-state index contributed by atoms with van der Waals surface area (Å²) in [6, 6.07) is 6.76. The van der Waals surface area contributed by atoms with Crippen LogP contribution in [0.3, 0.4) is 0 Å². The van der Waals surface area contributed by atoms with Crippen LogP contribution in [0.2, 0.25) is 0 Å². The second-order valence-electron chi connectivity index (χ2n) is 4.36. The lowest BCUT2D eigenvalue weighted by Gasteiger charge is -2.22. The van der Waals surface area contributed by atoms with Gasteiger partial charge in [0.25, 0.3) is 0 Å². The maximum absolute atomic E-state index is 10.2. The molecule has 0 aliphatic carbocycles. The molecule has 0 spiro atoms. The number of hydrogen-bond acceptors (Lipinski definition) is 5. The fraction of sp³-hybridized carbons (Fsp3) is 0.357. The molecule has 5 heteroatoms. The van der Waals surface area contributed by atoms with E-state index in [4.69, 9.17) is 0 Å². The number of rotatable bonds is 6. The average molecular weight is 278 g/mol. The Morgan fingerprint density at radius 1 is 1.42 bits per heavy atom. The Bertz CT molecular complexity index is 502. The van der Waals surface area contributed by atoms with Gasteiger partial charge in [-0.25, -0.2) is 4.98 Å². The highest BCUT2D eigenvalue weighted by molar-refractivity contribution is 7.09. The molecule has 0 unspecified atom stereocenters. The van der Waals surface area contributed by atoms with Gasteiger partial charge in [-0.2, -0.15) is 0 Å².